The van der Waals surface area contributed by atoms with E-state index in [0.717, 1.165) is 32.2 Å². The number of fused-ring (bicyclic) bond motifs is 1. The minimum Gasteiger partial charge on any atom is -0.507 e. The fourth-order valence-corrected chi connectivity index (χ4v) is 2.70. The second kappa shape index (κ2) is 5.70. The first-order valence-corrected chi connectivity index (χ1v) is 7.46. The highest BCUT2D eigenvalue weighted by molar-refractivity contribution is 9.10. The molecule has 0 amide bonds. The number of hydrogen-bond donors (Lipinski definition) is 1. The minimum absolute atomic E-state index is 0.255. The lowest BCUT2D eigenvalue weighted by Gasteiger charge is -2.07. The van der Waals surface area contributed by atoms with Crippen molar-refractivity contribution in [1.82, 2.24) is 0 Å². The molecule has 0 radical (unpaired) electrons. The van der Waals surface area contributed by atoms with E-state index in [1.807, 2.05) is 61.5 Å². The highest BCUT2D eigenvalue weighted by atomic mass is 79.9. The van der Waals surface area contributed by atoms with E-state index < -0.39 is 0 Å². The summed E-state index contributed by atoms with van der Waals surface area (Å²) in [6.07, 6.45) is 0. The maximum Gasteiger partial charge on any atom is 0.125 e. The number of aromatic hydroxyl groups is 1. The summed E-state index contributed by atoms with van der Waals surface area (Å²) in [4.78, 5) is 4.58. The molecule has 0 aliphatic heterocycles. The second-order valence-corrected chi connectivity index (χ2v) is 5.81. The number of halogens is 1. The Morgan fingerprint density at radius 2 is 1.67 bits per heavy atom. The molecule has 0 unspecified atom stereocenters. The van der Waals surface area contributed by atoms with Crippen molar-refractivity contribution in [1.29, 1.82) is 0 Å². The van der Waals surface area contributed by atoms with Crippen LogP contribution in [0, 0.1) is 0 Å². The minimum atomic E-state index is 0.255. The maximum absolute atomic E-state index is 10.2. The summed E-state index contributed by atoms with van der Waals surface area (Å²) in [6, 6.07) is 19.5. The number of rotatable bonds is 2. The fraction of sp³-hybridized carbons (Fsp3) is 0.0556. The fourth-order valence-electron chi connectivity index (χ4n) is 2.32. The molecule has 0 aliphatic rings. The average molecular weight is 340 g/mol. The summed E-state index contributed by atoms with van der Waals surface area (Å²) in [5, 5.41) is 12.3. The first-order valence-electron chi connectivity index (χ1n) is 6.66. The quantitative estimate of drug-likeness (QED) is 0.618. The van der Waals surface area contributed by atoms with Gasteiger partial charge in [0.2, 0.25) is 0 Å². The first-order chi connectivity index (χ1) is 10.1. The smallest absolute Gasteiger partial charge is 0.125 e. The van der Waals surface area contributed by atoms with Crippen LogP contribution in [0.3, 0.4) is 0 Å². The van der Waals surface area contributed by atoms with Crippen LogP contribution in [0.4, 0.5) is 5.69 Å². The molecule has 3 heteroatoms. The van der Waals surface area contributed by atoms with Gasteiger partial charge in [-0.2, -0.15) is 0 Å². The molecule has 3 aromatic rings. The van der Waals surface area contributed by atoms with E-state index in [2.05, 4.69) is 20.9 Å². The van der Waals surface area contributed by atoms with Gasteiger partial charge in [0.15, 0.2) is 0 Å². The Hall–Kier alpha value is -2.13. The van der Waals surface area contributed by atoms with Gasteiger partial charge in [0.1, 0.15) is 5.75 Å². The van der Waals surface area contributed by atoms with Gasteiger partial charge < -0.3 is 5.11 Å². The largest absolute Gasteiger partial charge is 0.507 e. The lowest BCUT2D eigenvalue weighted by molar-refractivity contribution is 0.475. The molecule has 0 atom stereocenters. The van der Waals surface area contributed by atoms with Crippen molar-refractivity contribution in [2.45, 2.75) is 6.92 Å². The van der Waals surface area contributed by atoms with Crippen molar-refractivity contribution in [3.05, 3.63) is 70.7 Å². The normalized spacial score (nSPS) is 11.8. The molecule has 3 rings (SSSR count). The highest BCUT2D eigenvalue weighted by Crippen LogP contribution is 2.27. The Balaban J connectivity index is 2.08. The number of nitrogens with zero attached hydrogens (tertiary/aromatic N) is 1. The van der Waals surface area contributed by atoms with Crippen LogP contribution >= 0.6 is 15.9 Å². The highest BCUT2D eigenvalue weighted by Gasteiger charge is 2.07. The van der Waals surface area contributed by atoms with E-state index in [1.165, 1.54) is 0 Å². The summed E-state index contributed by atoms with van der Waals surface area (Å²) < 4.78 is 0.985. The molecule has 21 heavy (non-hydrogen) atoms. The summed E-state index contributed by atoms with van der Waals surface area (Å²) in [6.45, 7) is 1.91. The summed E-state index contributed by atoms with van der Waals surface area (Å²) in [7, 11) is 0. The first kappa shape index (κ1) is 13.8. The number of phenolic OH excluding ortho intramolecular Hbond substituents is 1. The summed E-state index contributed by atoms with van der Waals surface area (Å²) in [5.41, 5.74) is 2.40. The van der Waals surface area contributed by atoms with E-state index in [4.69, 9.17) is 0 Å². The summed E-state index contributed by atoms with van der Waals surface area (Å²) >= 11 is 3.44. The molecule has 0 aliphatic carbocycles. The van der Waals surface area contributed by atoms with Gasteiger partial charge in [-0.1, -0.05) is 46.3 Å². The van der Waals surface area contributed by atoms with Gasteiger partial charge in [0.05, 0.1) is 5.69 Å². The lowest BCUT2D eigenvalue weighted by Crippen LogP contribution is -1.95. The van der Waals surface area contributed by atoms with Crippen molar-refractivity contribution in [2.75, 3.05) is 0 Å². The molecule has 0 bridgehead atoms. The predicted octanol–water partition coefficient (Wildman–Crippen LogP) is 5.45. The average Bonchev–Trinajstić information content (AvgIpc) is 2.46. The third-order valence-electron chi connectivity index (χ3n) is 3.36. The third kappa shape index (κ3) is 2.98. The Bertz CT molecular complexity index is 839. The van der Waals surface area contributed by atoms with E-state index in [-0.39, 0.29) is 5.75 Å². The van der Waals surface area contributed by atoms with Crippen molar-refractivity contribution in [3.8, 4) is 5.75 Å². The lowest BCUT2D eigenvalue weighted by atomic mass is 10.0. The van der Waals surface area contributed by atoms with Crippen molar-refractivity contribution in [3.63, 3.8) is 0 Å². The van der Waals surface area contributed by atoms with Crippen molar-refractivity contribution in [2.24, 2.45) is 4.99 Å². The van der Waals surface area contributed by atoms with Crippen LogP contribution in [0.25, 0.3) is 10.8 Å². The van der Waals surface area contributed by atoms with Crippen molar-refractivity contribution < 1.29 is 5.11 Å². The SMILES string of the molecule is CC(=Nc1cccc(Br)c1)c1cc2ccccc2cc1O. The van der Waals surface area contributed by atoms with Gasteiger partial charge in [-0.3, -0.25) is 4.99 Å². The van der Waals surface area contributed by atoms with Gasteiger partial charge in [-0.25, -0.2) is 0 Å². The van der Waals surface area contributed by atoms with Gasteiger partial charge >= 0.3 is 0 Å². The molecule has 1 N–H and O–H groups in total. The Labute approximate surface area is 131 Å². The molecular formula is C18H14BrNO. The molecule has 0 aromatic heterocycles. The molecule has 0 heterocycles. The maximum atomic E-state index is 10.2. The van der Waals surface area contributed by atoms with Crippen LogP contribution in [0.5, 0.6) is 5.75 Å². The zero-order chi connectivity index (χ0) is 14.8. The van der Waals surface area contributed by atoms with Crippen LogP contribution in [0.1, 0.15) is 12.5 Å². The van der Waals surface area contributed by atoms with Crippen LogP contribution in [0.15, 0.2) is 70.1 Å². The summed E-state index contributed by atoms with van der Waals surface area (Å²) in [5.74, 6) is 0.255. The molecule has 2 nitrogen and oxygen atoms in total. The molecule has 0 saturated carbocycles. The zero-order valence-electron chi connectivity index (χ0n) is 11.5. The van der Waals surface area contributed by atoms with E-state index in [9.17, 15) is 5.11 Å². The monoisotopic (exact) mass is 339 g/mol. The standard InChI is InChI=1S/C18H14BrNO/c1-12(20-16-8-4-7-15(19)11-16)17-9-13-5-2-3-6-14(13)10-18(17)21/h2-11,21H,1H3. The predicted molar refractivity (Wildman–Crippen MR) is 91.6 cm³/mol. The molecule has 3 aromatic carbocycles. The molecule has 0 saturated heterocycles. The van der Waals surface area contributed by atoms with Gasteiger partial charge in [-0.05, 0) is 48.0 Å². The van der Waals surface area contributed by atoms with E-state index in [0.29, 0.717) is 0 Å². The van der Waals surface area contributed by atoms with E-state index in [1.54, 1.807) is 6.07 Å². The zero-order valence-corrected chi connectivity index (χ0v) is 13.1. The molecular weight excluding hydrogens is 326 g/mol. The number of phenols is 1. The Kier molecular flexibility index (Phi) is 3.76. The van der Waals surface area contributed by atoms with Crippen LogP contribution < -0.4 is 0 Å². The number of benzene rings is 3. The van der Waals surface area contributed by atoms with E-state index >= 15 is 0 Å². The number of hydrogen-bond acceptors (Lipinski definition) is 2. The van der Waals surface area contributed by atoms with Crippen molar-refractivity contribution >= 4 is 38.1 Å². The molecule has 0 fully saturated rings. The van der Waals surface area contributed by atoms with Crippen LogP contribution in [-0.2, 0) is 0 Å². The van der Waals surface area contributed by atoms with Gasteiger partial charge in [-0.15, -0.1) is 0 Å². The molecule has 104 valence electrons. The van der Waals surface area contributed by atoms with Crippen LogP contribution in [0.2, 0.25) is 0 Å². The van der Waals surface area contributed by atoms with Gasteiger partial charge in [0, 0.05) is 15.7 Å². The third-order valence-corrected chi connectivity index (χ3v) is 3.85. The number of aliphatic imine (C=N–C) groups is 1. The Morgan fingerprint density at radius 3 is 2.38 bits per heavy atom. The molecule has 0 spiro atoms. The topological polar surface area (TPSA) is 32.6 Å². The van der Waals surface area contributed by atoms with Gasteiger partial charge in [0.25, 0.3) is 0 Å². The Morgan fingerprint density at radius 1 is 0.952 bits per heavy atom. The second-order valence-electron chi connectivity index (χ2n) is 4.89. The van der Waals surface area contributed by atoms with Crippen LogP contribution in [-0.4, -0.2) is 10.8 Å².